The Labute approximate surface area is 111 Å². The van der Waals surface area contributed by atoms with Crippen LogP contribution in [0.25, 0.3) is 0 Å². The Kier molecular flexibility index (Phi) is 4.04. The van der Waals surface area contributed by atoms with E-state index >= 15 is 0 Å². The third kappa shape index (κ3) is 3.26. The summed E-state index contributed by atoms with van der Waals surface area (Å²) in [5, 5.41) is 7.05. The Bertz CT molecular complexity index is 649. The van der Waals surface area contributed by atoms with Gasteiger partial charge in [-0.1, -0.05) is 25.0 Å². The molecule has 2 rings (SSSR count). The zero-order valence-electron chi connectivity index (χ0n) is 10.6. The molecule has 0 fully saturated rings. The number of pyridine rings is 1. The zero-order chi connectivity index (χ0) is 13.7. The maximum Gasteiger partial charge on any atom is 0.150 e. The fourth-order valence-electron chi connectivity index (χ4n) is 1.59. The van der Waals surface area contributed by atoms with Gasteiger partial charge in [0.05, 0.1) is 0 Å². The van der Waals surface area contributed by atoms with Crippen molar-refractivity contribution >= 4 is 6.21 Å². The van der Waals surface area contributed by atoms with Crippen LogP contribution in [-0.2, 0) is 6.42 Å². The van der Waals surface area contributed by atoms with Gasteiger partial charge in [0.15, 0.2) is 5.82 Å². The van der Waals surface area contributed by atoms with Crippen LogP contribution in [0.15, 0.2) is 36.4 Å². The van der Waals surface area contributed by atoms with Crippen molar-refractivity contribution < 1.29 is 4.39 Å². The predicted molar refractivity (Wildman–Crippen MR) is 73.9 cm³/mol. The number of aromatic nitrogens is 1. The fraction of sp³-hybridized carbons (Fsp3) is 0.125. The van der Waals surface area contributed by atoms with Gasteiger partial charge >= 0.3 is 0 Å². The lowest BCUT2D eigenvalue weighted by Gasteiger charge is -1.96. The van der Waals surface area contributed by atoms with Gasteiger partial charge < -0.3 is 5.41 Å². The van der Waals surface area contributed by atoms with Crippen molar-refractivity contribution in [3.8, 4) is 11.8 Å². The Hall–Kier alpha value is -2.47. The second-order valence-electron chi connectivity index (χ2n) is 4.01. The molecule has 0 aliphatic heterocycles. The van der Waals surface area contributed by atoms with E-state index in [0.29, 0.717) is 5.69 Å². The Morgan fingerprint density at radius 2 is 1.89 bits per heavy atom. The van der Waals surface area contributed by atoms with E-state index in [9.17, 15) is 4.39 Å². The highest BCUT2D eigenvalue weighted by atomic mass is 19.1. The molecule has 0 spiro atoms. The van der Waals surface area contributed by atoms with Gasteiger partial charge in [-0.25, -0.2) is 9.37 Å². The van der Waals surface area contributed by atoms with Crippen LogP contribution in [0.1, 0.15) is 29.4 Å². The van der Waals surface area contributed by atoms with Gasteiger partial charge in [-0.05, 0) is 42.2 Å². The third-order valence-electron chi connectivity index (χ3n) is 2.71. The van der Waals surface area contributed by atoms with Gasteiger partial charge in [0, 0.05) is 11.8 Å². The van der Waals surface area contributed by atoms with Crippen LogP contribution in [0.4, 0.5) is 4.39 Å². The molecule has 0 atom stereocenters. The lowest BCUT2D eigenvalue weighted by atomic mass is 10.1. The molecule has 0 unspecified atom stereocenters. The first-order valence-corrected chi connectivity index (χ1v) is 6.01. The fourth-order valence-corrected chi connectivity index (χ4v) is 1.59. The molecule has 0 saturated carbocycles. The Morgan fingerprint density at radius 3 is 2.53 bits per heavy atom. The van der Waals surface area contributed by atoms with E-state index < -0.39 is 5.82 Å². The second kappa shape index (κ2) is 5.92. The third-order valence-corrected chi connectivity index (χ3v) is 2.71. The van der Waals surface area contributed by atoms with Crippen LogP contribution >= 0.6 is 0 Å². The van der Waals surface area contributed by atoms with Gasteiger partial charge in [-0.3, -0.25) is 0 Å². The monoisotopic (exact) mass is 252 g/mol. The zero-order valence-corrected chi connectivity index (χ0v) is 10.6. The van der Waals surface area contributed by atoms with Crippen LogP contribution < -0.4 is 0 Å². The quantitative estimate of drug-likeness (QED) is 0.646. The molecule has 2 aromatic rings. The molecule has 2 nitrogen and oxygen atoms in total. The molecule has 0 amide bonds. The van der Waals surface area contributed by atoms with E-state index in [1.807, 2.05) is 24.3 Å². The van der Waals surface area contributed by atoms with E-state index in [0.717, 1.165) is 18.2 Å². The summed E-state index contributed by atoms with van der Waals surface area (Å²) in [5.41, 5.74) is 2.61. The first-order valence-electron chi connectivity index (χ1n) is 6.01. The Balaban J connectivity index is 2.25. The molecule has 0 saturated heterocycles. The highest BCUT2D eigenvalue weighted by Gasteiger charge is 2.00. The van der Waals surface area contributed by atoms with Gasteiger partial charge in [0.1, 0.15) is 11.4 Å². The van der Waals surface area contributed by atoms with Crippen LogP contribution in [0, 0.1) is 23.1 Å². The number of hydrogen-bond donors (Lipinski definition) is 1. The minimum atomic E-state index is -0.507. The minimum absolute atomic E-state index is 0.00753. The number of halogens is 1. The van der Waals surface area contributed by atoms with E-state index in [-0.39, 0.29) is 5.69 Å². The molecule has 1 aromatic heterocycles. The van der Waals surface area contributed by atoms with Gasteiger partial charge in [-0.2, -0.15) is 0 Å². The maximum absolute atomic E-state index is 13.2. The summed E-state index contributed by atoms with van der Waals surface area (Å²) in [6, 6.07) is 10.8. The normalized spacial score (nSPS) is 9.58. The summed E-state index contributed by atoms with van der Waals surface area (Å²) in [5.74, 6) is 5.34. The number of nitrogens with one attached hydrogen (secondary N) is 1. The molecule has 1 aromatic carbocycles. The SMILES string of the molecule is CCc1ccc(C#Cc2ccc(F)c(C=N)n2)cc1. The summed E-state index contributed by atoms with van der Waals surface area (Å²) in [4.78, 5) is 3.95. The first kappa shape index (κ1) is 13.0. The Morgan fingerprint density at radius 1 is 1.16 bits per heavy atom. The molecule has 1 heterocycles. The van der Waals surface area contributed by atoms with Crippen LogP contribution in [0.2, 0.25) is 0 Å². The van der Waals surface area contributed by atoms with Gasteiger partial charge in [-0.15, -0.1) is 0 Å². The molecule has 94 valence electrons. The van der Waals surface area contributed by atoms with Gasteiger partial charge in [0.2, 0.25) is 0 Å². The van der Waals surface area contributed by atoms with E-state index in [1.165, 1.54) is 17.7 Å². The highest BCUT2D eigenvalue weighted by Crippen LogP contribution is 2.05. The number of hydrogen-bond acceptors (Lipinski definition) is 2. The summed E-state index contributed by atoms with van der Waals surface area (Å²) in [7, 11) is 0. The van der Waals surface area contributed by atoms with Crippen LogP contribution in [0.3, 0.4) is 0 Å². The van der Waals surface area contributed by atoms with Gasteiger partial charge in [0.25, 0.3) is 0 Å². The molecule has 0 radical (unpaired) electrons. The van der Waals surface area contributed by atoms with Crippen molar-refractivity contribution in [1.82, 2.24) is 4.98 Å². The lowest BCUT2D eigenvalue weighted by molar-refractivity contribution is 0.618. The predicted octanol–water partition coefficient (Wildman–Crippen LogP) is 3.18. The molecule has 19 heavy (non-hydrogen) atoms. The molecule has 0 aliphatic rings. The summed E-state index contributed by atoms with van der Waals surface area (Å²) >= 11 is 0. The van der Waals surface area contributed by atoms with Crippen molar-refractivity contribution in [2.75, 3.05) is 0 Å². The molecule has 0 bridgehead atoms. The largest absolute Gasteiger partial charge is 0.306 e. The standard InChI is InChI=1S/C16H13FN2/c1-2-12-3-5-13(6-4-12)7-8-14-9-10-15(17)16(11-18)19-14/h3-6,9-11,18H,2H2,1H3. The lowest BCUT2D eigenvalue weighted by Crippen LogP contribution is -1.95. The molecular weight excluding hydrogens is 239 g/mol. The number of nitrogens with zero attached hydrogens (tertiary/aromatic N) is 1. The highest BCUT2D eigenvalue weighted by molar-refractivity contribution is 5.74. The summed E-state index contributed by atoms with van der Waals surface area (Å²) in [6.45, 7) is 2.10. The number of benzene rings is 1. The van der Waals surface area contributed by atoms with Crippen molar-refractivity contribution in [3.05, 3.63) is 64.7 Å². The summed E-state index contributed by atoms with van der Waals surface area (Å²) < 4.78 is 13.2. The average molecular weight is 252 g/mol. The smallest absolute Gasteiger partial charge is 0.150 e. The molecule has 3 heteroatoms. The average Bonchev–Trinajstić information content (AvgIpc) is 2.47. The first-order chi connectivity index (χ1) is 9.22. The molecular formula is C16H13FN2. The minimum Gasteiger partial charge on any atom is -0.306 e. The van der Waals surface area contributed by atoms with E-state index in [1.54, 1.807) is 0 Å². The maximum atomic E-state index is 13.2. The topological polar surface area (TPSA) is 36.7 Å². The van der Waals surface area contributed by atoms with Crippen LogP contribution in [0.5, 0.6) is 0 Å². The van der Waals surface area contributed by atoms with Crippen molar-refractivity contribution in [1.29, 1.82) is 5.41 Å². The number of rotatable bonds is 2. The van der Waals surface area contributed by atoms with E-state index in [4.69, 9.17) is 5.41 Å². The second-order valence-corrected chi connectivity index (χ2v) is 4.01. The summed E-state index contributed by atoms with van der Waals surface area (Å²) in [6.07, 6.45) is 1.88. The van der Waals surface area contributed by atoms with Crippen molar-refractivity contribution in [2.24, 2.45) is 0 Å². The van der Waals surface area contributed by atoms with Crippen molar-refractivity contribution in [3.63, 3.8) is 0 Å². The van der Waals surface area contributed by atoms with Crippen molar-refractivity contribution in [2.45, 2.75) is 13.3 Å². The van der Waals surface area contributed by atoms with Crippen LogP contribution in [-0.4, -0.2) is 11.2 Å². The number of aryl methyl sites for hydroxylation is 1. The molecule has 0 aliphatic carbocycles. The van der Waals surface area contributed by atoms with E-state index in [2.05, 4.69) is 23.7 Å². The molecule has 1 N–H and O–H groups in total.